The monoisotopic (exact) mass is 285 g/mol. The van der Waals surface area contributed by atoms with E-state index in [2.05, 4.69) is 19.2 Å². The molecule has 4 heteroatoms. The number of alkyl halides is 3. The Morgan fingerprint density at radius 2 is 1.80 bits per heavy atom. The Kier molecular flexibility index (Phi) is 4.74. The average Bonchev–Trinajstić information content (AvgIpc) is 2.76. The van der Waals surface area contributed by atoms with Crippen LogP contribution in [0.3, 0.4) is 0 Å². The summed E-state index contributed by atoms with van der Waals surface area (Å²) in [4.78, 5) is 0. The van der Waals surface area contributed by atoms with Gasteiger partial charge in [-0.1, -0.05) is 32.4 Å². The Balaban J connectivity index is 1.89. The third kappa shape index (κ3) is 3.54. The highest BCUT2D eigenvalue weighted by molar-refractivity contribution is 5.24. The van der Waals surface area contributed by atoms with Crippen LogP contribution in [0.5, 0.6) is 0 Å². The highest BCUT2D eigenvalue weighted by atomic mass is 19.4. The molecule has 0 saturated heterocycles. The highest BCUT2D eigenvalue weighted by Gasteiger charge is 2.31. The summed E-state index contributed by atoms with van der Waals surface area (Å²) < 4.78 is 37.4. The molecule has 0 spiro atoms. The molecule has 1 nitrogen and oxygen atoms in total. The standard InChI is InChI=1S/C16H22F3N/c1-3-13-6-9-15(11(13)2)20-10-12-4-7-14(8-5-12)16(17,18)19/h4-5,7-8,11,13,15,20H,3,6,9-10H2,1-2H3. The van der Waals surface area contributed by atoms with Crippen LogP contribution < -0.4 is 5.32 Å². The molecule has 1 aliphatic carbocycles. The van der Waals surface area contributed by atoms with Crippen molar-refractivity contribution in [2.75, 3.05) is 0 Å². The maximum atomic E-state index is 12.5. The van der Waals surface area contributed by atoms with Crippen LogP contribution in [0, 0.1) is 11.8 Å². The van der Waals surface area contributed by atoms with Crippen LogP contribution >= 0.6 is 0 Å². The Bertz CT molecular complexity index is 424. The minimum Gasteiger partial charge on any atom is -0.310 e. The van der Waals surface area contributed by atoms with Gasteiger partial charge in [0, 0.05) is 12.6 Å². The lowest BCUT2D eigenvalue weighted by atomic mass is 9.93. The van der Waals surface area contributed by atoms with E-state index in [0.717, 1.165) is 23.6 Å². The Morgan fingerprint density at radius 1 is 1.15 bits per heavy atom. The topological polar surface area (TPSA) is 12.0 Å². The van der Waals surface area contributed by atoms with Gasteiger partial charge in [-0.25, -0.2) is 0 Å². The summed E-state index contributed by atoms with van der Waals surface area (Å²) >= 11 is 0. The molecule has 1 aromatic rings. The largest absolute Gasteiger partial charge is 0.416 e. The molecular formula is C16H22F3N. The van der Waals surface area contributed by atoms with Gasteiger partial charge in [0.2, 0.25) is 0 Å². The molecule has 1 N–H and O–H groups in total. The van der Waals surface area contributed by atoms with Crippen molar-refractivity contribution in [2.45, 2.75) is 51.9 Å². The van der Waals surface area contributed by atoms with Gasteiger partial charge in [0.25, 0.3) is 0 Å². The summed E-state index contributed by atoms with van der Waals surface area (Å²) in [5.74, 6) is 1.43. The zero-order valence-electron chi connectivity index (χ0n) is 12.0. The second-order valence-corrected chi connectivity index (χ2v) is 5.79. The van der Waals surface area contributed by atoms with Gasteiger partial charge >= 0.3 is 6.18 Å². The summed E-state index contributed by atoms with van der Waals surface area (Å²) in [6, 6.07) is 5.93. The van der Waals surface area contributed by atoms with E-state index in [9.17, 15) is 13.2 Å². The maximum absolute atomic E-state index is 12.5. The molecule has 112 valence electrons. The SMILES string of the molecule is CCC1CCC(NCc2ccc(C(F)(F)F)cc2)C1C. The van der Waals surface area contributed by atoms with Gasteiger partial charge in [-0.05, 0) is 42.4 Å². The molecule has 1 fully saturated rings. The third-order valence-electron chi connectivity index (χ3n) is 4.60. The predicted octanol–water partition coefficient (Wildman–Crippen LogP) is 4.62. The molecule has 0 amide bonds. The second-order valence-electron chi connectivity index (χ2n) is 5.79. The minimum absolute atomic E-state index is 0.488. The van der Waals surface area contributed by atoms with Crippen molar-refractivity contribution in [3.8, 4) is 0 Å². The van der Waals surface area contributed by atoms with Gasteiger partial charge < -0.3 is 5.32 Å². The van der Waals surface area contributed by atoms with Gasteiger partial charge in [-0.2, -0.15) is 13.2 Å². The van der Waals surface area contributed by atoms with Crippen LogP contribution in [0.1, 0.15) is 44.2 Å². The van der Waals surface area contributed by atoms with Gasteiger partial charge in [0.05, 0.1) is 5.56 Å². The van der Waals surface area contributed by atoms with Crippen molar-refractivity contribution in [1.29, 1.82) is 0 Å². The first-order valence-electron chi connectivity index (χ1n) is 7.31. The summed E-state index contributed by atoms with van der Waals surface area (Å²) in [5, 5.41) is 3.49. The molecule has 1 aromatic carbocycles. The summed E-state index contributed by atoms with van der Waals surface area (Å²) in [6.45, 7) is 5.13. The molecule has 0 radical (unpaired) electrons. The zero-order valence-corrected chi connectivity index (χ0v) is 12.0. The van der Waals surface area contributed by atoms with Crippen LogP contribution in [0.15, 0.2) is 24.3 Å². The molecule has 0 aromatic heterocycles. The van der Waals surface area contributed by atoms with Crippen molar-refractivity contribution in [1.82, 2.24) is 5.32 Å². The fourth-order valence-corrected chi connectivity index (χ4v) is 3.17. The fraction of sp³-hybridized carbons (Fsp3) is 0.625. The molecule has 2 rings (SSSR count). The van der Waals surface area contributed by atoms with E-state index in [0.29, 0.717) is 18.5 Å². The van der Waals surface area contributed by atoms with Crippen molar-refractivity contribution in [2.24, 2.45) is 11.8 Å². The third-order valence-corrected chi connectivity index (χ3v) is 4.60. The van der Waals surface area contributed by atoms with Crippen molar-refractivity contribution in [3.05, 3.63) is 35.4 Å². The smallest absolute Gasteiger partial charge is 0.310 e. The number of halogens is 3. The molecule has 0 bridgehead atoms. The fourth-order valence-electron chi connectivity index (χ4n) is 3.17. The molecule has 3 atom stereocenters. The molecule has 0 aliphatic heterocycles. The quantitative estimate of drug-likeness (QED) is 0.851. The molecule has 1 aliphatic rings. The van der Waals surface area contributed by atoms with E-state index in [-0.39, 0.29) is 0 Å². The van der Waals surface area contributed by atoms with Gasteiger partial charge in [-0.3, -0.25) is 0 Å². The molecule has 1 saturated carbocycles. The number of benzene rings is 1. The second kappa shape index (κ2) is 6.17. The summed E-state index contributed by atoms with van der Waals surface area (Å²) in [6.07, 6.45) is -0.622. The van der Waals surface area contributed by atoms with E-state index in [1.54, 1.807) is 12.1 Å². The molecule has 0 heterocycles. The van der Waals surface area contributed by atoms with Crippen LogP contribution in [-0.2, 0) is 12.7 Å². The highest BCUT2D eigenvalue weighted by Crippen LogP contribution is 2.34. The van der Waals surface area contributed by atoms with Crippen molar-refractivity contribution >= 4 is 0 Å². The van der Waals surface area contributed by atoms with Crippen molar-refractivity contribution < 1.29 is 13.2 Å². The van der Waals surface area contributed by atoms with E-state index in [1.165, 1.54) is 19.3 Å². The van der Waals surface area contributed by atoms with E-state index >= 15 is 0 Å². The number of rotatable bonds is 4. The van der Waals surface area contributed by atoms with Crippen LogP contribution in [0.25, 0.3) is 0 Å². The normalized spacial score (nSPS) is 26.9. The predicted molar refractivity (Wildman–Crippen MR) is 74.3 cm³/mol. The lowest BCUT2D eigenvalue weighted by Crippen LogP contribution is -2.32. The van der Waals surface area contributed by atoms with Gasteiger partial charge in [-0.15, -0.1) is 0 Å². The number of hydrogen-bond donors (Lipinski definition) is 1. The Hall–Kier alpha value is -1.03. The number of hydrogen-bond acceptors (Lipinski definition) is 1. The summed E-state index contributed by atoms with van der Waals surface area (Å²) in [7, 11) is 0. The molecular weight excluding hydrogens is 263 g/mol. The lowest BCUT2D eigenvalue weighted by Gasteiger charge is -2.21. The van der Waals surface area contributed by atoms with Gasteiger partial charge in [0.15, 0.2) is 0 Å². The maximum Gasteiger partial charge on any atom is 0.416 e. The summed E-state index contributed by atoms with van der Waals surface area (Å²) in [5.41, 5.74) is 0.326. The Labute approximate surface area is 118 Å². The van der Waals surface area contributed by atoms with Gasteiger partial charge in [0.1, 0.15) is 0 Å². The first kappa shape index (κ1) is 15.4. The first-order valence-corrected chi connectivity index (χ1v) is 7.31. The zero-order chi connectivity index (χ0) is 14.8. The number of nitrogens with one attached hydrogen (secondary N) is 1. The van der Waals surface area contributed by atoms with Crippen LogP contribution in [-0.4, -0.2) is 6.04 Å². The Morgan fingerprint density at radius 3 is 2.30 bits per heavy atom. The van der Waals surface area contributed by atoms with E-state index < -0.39 is 11.7 Å². The molecule has 3 unspecified atom stereocenters. The van der Waals surface area contributed by atoms with E-state index in [1.807, 2.05) is 0 Å². The van der Waals surface area contributed by atoms with Crippen molar-refractivity contribution in [3.63, 3.8) is 0 Å². The lowest BCUT2D eigenvalue weighted by molar-refractivity contribution is -0.137. The van der Waals surface area contributed by atoms with E-state index in [4.69, 9.17) is 0 Å². The molecule has 20 heavy (non-hydrogen) atoms. The minimum atomic E-state index is -4.25. The van der Waals surface area contributed by atoms with Crippen LogP contribution in [0.2, 0.25) is 0 Å². The first-order chi connectivity index (χ1) is 9.41. The van der Waals surface area contributed by atoms with Crippen LogP contribution in [0.4, 0.5) is 13.2 Å². The average molecular weight is 285 g/mol.